The van der Waals surface area contributed by atoms with Crippen LogP contribution in [0.15, 0.2) is 53.1 Å². The maximum absolute atomic E-state index is 13.0. The van der Waals surface area contributed by atoms with Crippen LogP contribution in [0.2, 0.25) is 0 Å². The first kappa shape index (κ1) is 20.8. The molecule has 0 aliphatic carbocycles. The zero-order valence-corrected chi connectivity index (χ0v) is 17.1. The molecule has 0 saturated carbocycles. The minimum absolute atomic E-state index is 0.0825. The molecule has 4 rings (SSSR count). The van der Waals surface area contributed by atoms with Gasteiger partial charge >= 0.3 is 6.03 Å². The van der Waals surface area contributed by atoms with Gasteiger partial charge in [0, 0.05) is 32.2 Å². The van der Waals surface area contributed by atoms with Gasteiger partial charge in [0.05, 0.1) is 6.54 Å². The summed E-state index contributed by atoms with van der Waals surface area (Å²) in [5.74, 6) is 1.32. The summed E-state index contributed by atoms with van der Waals surface area (Å²) in [5, 5.41) is 6.79. The highest BCUT2D eigenvalue weighted by Crippen LogP contribution is 2.23. The van der Waals surface area contributed by atoms with Crippen molar-refractivity contribution in [1.29, 1.82) is 0 Å². The Hall–Kier alpha value is -3.46. The summed E-state index contributed by atoms with van der Waals surface area (Å²) >= 11 is 0. The van der Waals surface area contributed by atoms with E-state index in [0.717, 1.165) is 17.5 Å². The van der Waals surface area contributed by atoms with E-state index in [4.69, 9.17) is 14.0 Å². The van der Waals surface area contributed by atoms with Gasteiger partial charge in [-0.15, -0.1) is 0 Å². The number of carbonyl (C=O) groups excluding carboxylic acids is 1. The van der Waals surface area contributed by atoms with Gasteiger partial charge in [0.15, 0.2) is 0 Å². The molecule has 1 atom stereocenters. The van der Waals surface area contributed by atoms with E-state index in [0.29, 0.717) is 37.1 Å². The molecule has 31 heavy (non-hydrogen) atoms. The molecule has 0 spiro atoms. The molecule has 3 aromatic rings. The lowest BCUT2D eigenvalue weighted by Gasteiger charge is -2.18. The van der Waals surface area contributed by atoms with Crippen LogP contribution in [-0.2, 0) is 17.9 Å². The Bertz CT molecular complexity index is 1010. The first-order chi connectivity index (χ1) is 15.1. The van der Waals surface area contributed by atoms with E-state index in [1.165, 1.54) is 12.1 Å². The number of urea groups is 1. The highest BCUT2D eigenvalue weighted by molar-refractivity contribution is 5.74. The number of methoxy groups -OCH3 is 1. The van der Waals surface area contributed by atoms with Crippen LogP contribution in [0.1, 0.15) is 17.9 Å². The van der Waals surface area contributed by atoms with Crippen LogP contribution >= 0.6 is 0 Å². The Morgan fingerprint density at radius 1 is 1.23 bits per heavy atom. The lowest BCUT2D eigenvalue weighted by Crippen LogP contribution is -2.39. The molecule has 2 aromatic carbocycles. The molecule has 162 valence electrons. The van der Waals surface area contributed by atoms with Crippen molar-refractivity contribution >= 4 is 6.03 Å². The topological polar surface area (TPSA) is 89.7 Å². The predicted molar refractivity (Wildman–Crippen MR) is 110 cm³/mol. The molecule has 1 aliphatic heterocycles. The standard InChI is InChI=1S/C22H23FN4O4/c1-29-14-20-25-21(26-31-20)16-4-8-18(9-5-16)30-19-10-11-27(13-19)22(28)24-12-15-2-6-17(23)7-3-15/h2-9,19H,10-14H2,1H3,(H,24,28). The summed E-state index contributed by atoms with van der Waals surface area (Å²) in [7, 11) is 1.56. The normalized spacial score (nSPS) is 15.8. The number of amides is 2. The Morgan fingerprint density at radius 2 is 2.00 bits per heavy atom. The van der Waals surface area contributed by atoms with Gasteiger partial charge < -0.3 is 24.2 Å². The predicted octanol–water partition coefficient (Wildman–Crippen LogP) is 3.39. The molecule has 1 N–H and O–H groups in total. The van der Waals surface area contributed by atoms with Gasteiger partial charge in [-0.25, -0.2) is 9.18 Å². The second-order valence-corrected chi connectivity index (χ2v) is 7.23. The van der Waals surface area contributed by atoms with Gasteiger partial charge in [0.2, 0.25) is 5.82 Å². The van der Waals surface area contributed by atoms with Gasteiger partial charge in [0.1, 0.15) is 24.3 Å². The molecule has 1 unspecified atom stereocenters. The van der Waals surface area contributed by atoms with Gasteiger partial charge in [-0.1, -0.05) is 17.3 Å². The summed E-state index contributed by atoms with van der Waals surface area (Å²) in [6.45, 7) is 1.74. The molecular weight excluding hydrogens is 403 g/mol. The third kappa shape index (κ3) is 5.37. The summed E-state index contributed by atoms with van der Waals surface area (Å²) in [6.07, 6.45) is 0.664. The number of hydrogen-bond acceptors (Lipinski definition) is 6. The van der Waals surface area contributed by atoms with E-state index in [1.807, 2.05) is 24.3 Å². The zero-order valence-electron chi connectivity index (χ0n) is 17.1. The van der Waals surface area contributed by atoms with Crippen molar-refractivity contribution in [3.05, 3.63) is 65.8 Å². The number of aromatic nitrogens is 2. The minimum Gasteiger partial charge on any atom is -0.489 e. The number of halogens is 1. The largest absolute Gasteiger partial charge is 0.489 e. The molecule has 1 fully saturated rings. The smallest absolute Gasteiger partial charge is 0.317 e. The van der Waals surface area contributed by atoms with Gasteiger partial charge in [-0.3, -0.25) is 0 Å². The van der Waals surface area contributed by atoms with Crippen molar-refractivity contribution < 1.29 is 23.2 Å². The number of hydrogen-bond donors (Lipinski definition) is 1. The molecule has 0 radical (unpaired) electrons. The van der Waals surface area contributed by atoms with Crippen molar-refractivity contribution in [3.63, 3.8) is 0 Å². The number of carbonyl (C=O) groups is 1. The monoisotopic (exact) mass is 426 g/mol. The number of rotatable bonds is 7. The number of benzene rings is 2. The molecule has 2 heterocycles. The number of likely N-dealkylation sites (tertiary alicyclic amines) is 1. The molecule has 0 bridgehead atoms. The van der Waals surface area contributed by atoms with E-state index in [9.17, 15) is 9.18 Å². The first-order valence-corrected chi connectivity index (χ1v) is 9.96. The van der Waals surface area contributed by atoms with Crippen molar-refractivity contribution in [2.24, 2.45) is 0 Å². The fourth-order valence-corrected chi connectivity index (χ4v) is 3.33. The number of nitrogens with one attached hydrogen (secondary N) is 1. The molecule has 1 aromatic heterocycles. The molecule has 9 heteroatoms. The van der Waals surface area contributed by atoms with E-state index in [-0.39, 0.29) is 24.6 Å². The Kier molecular flexibility index (Phi) is 6.42. The number of ether oxygens (including phenoxy) is 2. The summed E-state index contributed by atoms with van der Waals surface area (Å²) in [4.78, 5) is 18.4. The Balaban J connectivity index is 1.26. The summed E-state index contributed by atoms with van der Waals surface area (Å²) in [6, 6.07) is 13.3. The van der Waals surface area contributed by atoms with Crippen LogP contribution in [0, 0.1) is 5.82 Å². The van der Waals surface area contributed by atoms with Gasteiger partial charge in [0.25, 0.3) is 5.89 Å². The summed E-state index contributed by atoms with van der Waals surface area (Å²) in [5.41, 5.74) is 1.66. The van der Waals surface area contributed by atoms with Gasteiger partial charge in [-0.05, 0) is 42.0 Å². The van der Waals surface area contributed by atoms with E-state index >= 15 is 0 Å². The average molecular weight is 426 g/mol. The van der Waals surface area contributed by atoms with Crippen molar-refractivity contribution in [1.82, 2.24) is 20.4 Å². The molecule has 1 saturated heterocycles. The Morgan fingerprint density at radius 3 is 2.74 bits per heavy atom. The van der Waals surface area contributed by atoms with Crippen molar-refractivity contribution in [2.45, 2.75) is 25.7 Å². The molecule has 2 amide bonds. The third-order valence-electron chi connectivity index (χ3n) is 4.94. The van der Waals surface area contributed by atoms with Crippen molar-refractivity contribution in [2.75, 3.05) is 20.2 Å². The molecular formula is C22H23FN4O4. The van der Waals surface area contributed by atoms with E-state index < -0.39 is 0 Å². The van der Waals surface area contributed by atoms with Crippen LogP contribution < -0.4 is 10.1 Å². The summed E-state index contributed by atoms with van der Waals surface area (Å²) < 4.78 is 29.1. The second kappa shape index (κ2) is 9.57. The minimum atomic E-state index is -0.296. The van der Waals surface area contributed by atoms with Crippen LogP contribution in [-0.4, -0.2) is 47.4 Å². The lowest BCUT2D eigenvalue weighted by atomic mass is 10.2. The fourth-order valence-electron chi connectivity index (χ4n) is 3.33. The average Bonchev–Trinajstić information content (AvgIpc) is 3.44. The molecule has 8 nitrogen and oxygen atoms in total. The van der Waals surface area contributed by atoms with Crippen LogP contribution in [0.25, 0.3) is 11.4 Å². The second-order valence-electron chi connectivity index (χ2n) is 7.23. The SMILES string of the molecule is COCc1nc(-c2ccc(OC3CCN(C(=O)NCc4ccc(F)cc4)C3)cc2)no1. The maximum atomic E-state index is 13.0. The van der Waals surface area contributed by atoms with Crippen LogP contribution in [0.3, 0.4) is 0 Å². The van der Waals surface area contributed by atoms with Crippen LogP contribution in [0.4, 0.5) is 9.18 Å². The van der Waals surface area contributed by atoms with Crippen LogP contribution in [0.5, 0.6) is 5.75 Å². The van der Waals surface area contributed by atoms with Gasteiger partial charge in [-0.2, -0.15) is 4.98 Å². The lowest BCUT2D eigenvalue weighted by molar-refractivity contribution is 0.151. The van der Waals surface area contributed by atoms with Crippen molar-refractivity contribution in [3.8, 4) is 17.1 Å². The van der Waals surface area contributed by atoms with E-state index in [1.54, 1.807) is 24.1 Å². The first-order valence-electron chi connectivity index (χ1n) is 9.96. The highest BCUT2D eigenvalue weighted by Gasteiger charge is 2.27. The number of nitrogens with zero attached hydrogens (tertiary/aromatic N) is 3. The highest BCUT2D eigenvalue weighted by atomic mass is 19.1. The molecule has 1 aliphatic rings. The third-order valence-corrected chi connectivity index (χ3v) is 4.94. The Labute approximate surface area is 179 Å². The quantitative estimate of drug-likeness (QED) is 0.623. The van der Waals surface area contributed by atoms with E-state index in [2.05, 4.69) is 15.5 Å². The maximum Gasteiger partial charge on any atom is 0.317 e. The zero-order chi connectivity index (χ0) is 21.6. The fraction of sp³-hybridized carbons (Fsp3) is 0.318.